The summed E-state index contributed by atoms with van der Waals surface area (Å²) < 4.78 is 50.7. The number of para-hydroxylation sites is 2. The van der Waals surface area contributed by atoms with E-state index in [2.05, 4.69) is 5.32 Å². The first-order chi connectivity index (χ1) is 22.4. The zero-order valence-electron chi connectivity index (χ0n) is 26.7. The second kappa shape index (κ2) is 15.5. The molecule has 1 N–H and O–H groups in total. The van der Waals surface area contributed by atoms with Gasteiger partial charge < -0.3 is 47.9 Å². The minimum Gasteiger partial charge on any atom is -0.493 e. The molecule has 254 valence electrons. The highest BCUT2D eigenvalue weighted by Crippen LogP contribution is 2.35. The largest absolute Gasteiger partial charge is 0.493 e. The van der Waals surface area contributed by atoms with E-state index in [0.717, 1.165) is 20.8 Å². The normalized spacial score (nSPS) is 23.7. The lowest BCUT2D eigenvalue weighted by atomic mass is 9.98. The second-order valence-electron chi connectivity index (χ2n) is 10.7. The van der Waals surface area contributed by atoms with Gasteiger partial charge in [0, 0.05) is 33.3 Å². The molecule has 0 aliphatic carbocycles. The average Bonchev–Trinajstić information content (AvgIpc) is 3.02. The minimum atomic E-state index is -1.49. The molecule has 47 heavy (non-hydrogen) atoms. The quantitative estimate of drug-likeness (QED) is 0.274. The molecule has 0 radical (unpaired) electrons. The van der Waals surface area contributed by atoms with Gasteiger partial charge in [0.1, 0.15) is 19.3 Å². The molecule has 4 rings (SSSR count). The zero-order valence-corrected chi connectivity index (χ0v) is 26.7. The van der Waals surface area contributed by atoms with E-state index in [0.29, 0.717) is 11.5 Å². The average molecular weight is 660 g/mol. The highest BCUT2D eigenvalue weighted by atomic mass is 16.7. The second-order valence-corrected chi connectivity index (χ2v) is 10.7. The number of benzene rings is 2. The van der Waals surface area contributed by atoms with Gasteiger partial charge in [-0.1, -0.05) is 12.1 Å². The summed E-state index contributed by atoms with van der Waals surface area (Å²) in [5, 5.41) is 2.90. The van der Waals surface area contributed by atoms with Crippen LogP contribution in [0.3, 0.4) is 0 Å². The number of carbonyl (C=O) groups is 5. The fourth-order valence-corrected chi connectivity index (χ4v) is 4.98. The molecule has 0 aromatic heterocycles. The molecule has 0 saturated carbocycles. The Balaban J connectivity index is 1.56. The lowest BCUT2D eigenvalue weighted by molar-refractivity contribution is -0.288. The van der Waals surface area contributed by atoms with Crippen LogP contribution in [0.25, 0.3) is 0 Å². The van der Waals surface area contributed by atoms with Crippen molar-refractivity contribution in [1.82, 2.24) is 5.32 Å². The van der Waals surface area contributed by atoms with E-state index in [1.54, 1.807) is 19.1 Å². The van der Waals surface area contributed by atoms with E-state index in [1.165, 1.54) is 32.2 Å². The summed E-state index contributed by atoms with van der Waals surface area (Å²) in [7, 11) is 1.35. The smallest absolute Gasteiger partial charge is 0.303 e. The predicted octanol–water partition coefficient (Wildman–Crippen LogP) is 2.12. The molecule has 15 heteroatoms. The first-order valence-corrected chi connectivity index (χ1v) is 14.7. The molecule has 0 bridgehead atoms. The Morgan fingerprint density at radius 2 is 1.47 bits per heavy atom. The maximum Gasteiger partial charge on any atom is 0.303 e. The van der Waals surface area contributed by atoms with E-state index in [-0.39, 0.29) is 23.7 Å². The molecule has 2 aromatic rings. The maximum absolute atomic E-state index is 13.2. The maximum atomic E-state index is 13.2. The lowest BCUT2D eigenvalue weighted by Gasteiger charge is -2.44. The first kappa shape index (κ1) is 34.8. The van der Waals surface area contributed by atoms with Crippen molar-refractivity contribution in [2.24, 2.45) is 0 Å². The summed E-state index contributed by atoms with van der Waals surface area (Å²) in [6, 6.07) is 11.1. The number of methoxy groups -OCH3 is 1. The number of amides is 1. The van der Waals surface area contributed by atoms with E-state index >= 15 is 0 Å². The van der Waals surface area contributed by atoms with E-state index < -0.39 is 79.2 Å². The van der Waals surface area contributed by atoms with Crippen molar-refractivity contribution in [3.8, 4) is 23.0 Å². The van der Waals surface area contributed by atoms with Crippen molar-refractivity contribution in [3.05, 3.63) is 48.0 Å². The number of fused-ring (bicyclic) bond motifs is 1. The van der Waals surface area contributed by atoms with Crippen LogP contribution in [0.2, 0.25) is 0 Å². The number of ether oxygens (including phenoxy) is 9. The number of hydrogen-bond donors (Lipinski definition) is 1. The molecule has 1 saturated heterocycles. The summed E-state index contributed by atoms with van der Waals surface area (Å²) in [5.74, 6) is -2.06. The van der Waals surface area contributed by atoms with Gasteiger partial charge >= 0.3 is 23.9 Å². The standard InChI is InChI=1S/C32H37NO14/c1-16(26-14-41-22-9-7-8-10-23(22)45-26)33-31(38)21-11-12-24(25(13-21)39-6)46-32-30(44-20(5)37)29(43-19(4)36)28(42-18(3)35)27(47-32)15-40-17(2)34/h7-13,16,26-30,32H,14-15H2,1-6H3,(H,33,38)/t16-,26+,27+,28+,29-,30+,32-/m1/s1. The van der Waals surface area contributed by atoms with Gasteiger partial charge in [0.05, 0.1) is 13.2 Å². The molecule has 2 heterocycles. The summed E-state index contributed by atoms with van der Waals surface area (Å²) >= 11 is 0. The van der Waals surface area contributed by atoms with Gasteiger partial charge in [-0.2, -0.15) is 0 Å². The predicted molar refractivity (Wildman–Crippen MR) is 159 cm³/mol. The number of hydrogen-bond acceptors (Lipinski definition) is 14. The third-order valence-corrected chi connectivity index (χ3v) is 7.06. The van der Waals surface area contributed by atoms with Crippen LogP contribution in [0.5, 0.6) is 23.0 Å². The molecule has 1 amide bonds. The van der Waals surface area contributed by atoms with Gasteiger partial charge in [-0.15, -0.1) is 0 Å². The lowest BCUT2D eigenvalue weighted by Crippen LogP contribution is -2.63. The van der Waals surface area contributed by atoms with Crippen LogP contribution in [0.1, 0.15) is 45.0 Å². The number of nitrogens with one attached hydrogen (secondary N) is 1. The van der Waals surface area contributed by atoms with Crippen molar-refractivity contribution in [2.45, 2.75) is 77.5 Å². The third-order valence-electron chi connectivity index (χ3n) is 7.06. The molecule has 2 aliphatic heterocycles. The van der Waals surface area contributed by atoms with Crippen molar-refractivity contribution in [3.63, 3.8) is 0 Å². The number of esters is 4. The molecule has 2 aromatic carbocycles. The van der Waals surface area contributed by atoms with Crippen molar-refractivity contribution in [1.29, 1.82) is 0 Å². The van der Waals surface area contributed by atoms with Gasteiger partial charge in [0.25, 0.3) is 5.91 Å². The topological polar surface area (TPSA) is 180 Å². The van der Waals surface area contributed by atoms with Gasteiger partial charge in [0.2, 0.25) is 12.4 Å². The van der Waals surface area contributed by atoms with Gasteiger partial charge in [-0.05, 0) is 37.3 Å². The summed E-state index contributed by atoms with van der Waals surface area (Å²) in [6.07, 6.45) is -7.36. The summed E-state index contributed by atoms with van der Waals surface area (Å²) in [6.45, 7) is 6.13. The Morgan fingerprint density at radius 1 is 0.830 bits per heavy atom. The van der Waals surface area contributed by atoms with Crippen LogP contribution in [-0.4, -0.2) is 93.0 Å². The summed E-state index contributed by atoms with van der Waals surface area (Å²) in [4.78, 5) is 61.0. The van der Waals surface area contributed by atoms with Gasteiger partial charge in [-0.25, -0.2) is 0 Å². The van der Waals surface area contributed by atoms with Gasteiger partial charge in [0.15, 0.2) is 41.3 Å². The molecule has 0 spiro atoms. The Kier molecular flexibility index (Phi) is 11.5. The molecule has 0 unspecified atom stereocenters. The number of carbonyl (C=O) groups excluding carboxylic acids is 5. The van der Waals surface area contributed by atoms with Crippen LogP contribution in [0.15, 0.2) is 42.5 Å². The van der Waals surface area contributed by atoms with Crippen LogP contribution in [0, 0.1) is 0 Å². The fraction of sp³-hybridized carbons (Fsp3) is 0.469. The van der Waals surface area contributed by atoms with Crippen molar-refractivity contribution < 1.29 is 66.6 Å². The van der Waals surface area contributed by atoms with E-state index in [9.17, 15) is 24.0 Å². The van der Waals surface area contributed by atoms with E-state index in [1.807, 2.05) is 12.1 Å². The third kappa shape index (κ3) is 9.03. The molecule has 7 atom stereocenters. The van der Waals surface area contributed by atoms with Crippen LogP contribution >= 0.6 is 0 Å². The van der Waals surface area contributed by atoms with Crippen LogP contribution < -0.4 is 24.3 Å². The minimum absolute atomic E-state index is 0.0543. The summed E-state index contributed by atoms with van der Waals surface area (Å²) in [5.41, 5.74) is 0.222. The highest BCUT2D eigenvalue weighted by Gasteiger charge is 2.53. The van der Waals surface area contributed by atoms with Crippen molar-refractivity contribution >= 4 is 29.8 Å². The Labute approximate surface area is 270 Å². The molecular formula is C32H37NO14. The fourth-order valence-electron chi connectivity index (χ4n) is 4.98. The van der Waals surface area contributed by atoms with Crippen LogP contribution in [0.4, 0.5) is 0 Å². The Bertz CT molecular complexity index is 1480. The van der Waals surface area contributed by atoms with Crippen molar-refractivity contribution in [2.75, 3.05) is 20.3 Å². The zero-order chi connectivity index (χ0) is 34.2. The monoisotopic (exact) mass is 659 g/mol. The Morgan fingerprint density at radius 3 is 2.11 bits per heavy atom. The molecule has 15 nitrogen and oxygen atoms in total. The van der Waals surface area contributed by atoms with Crippen LogP contribution in [-0.2, 0) is 42.9 Å². The Hall–Kier alpha value is -5.05. The van der Waals surface area contributed by atoms with Gasteiger partial charge in [-0.3, -0.25) is 24.0 Å². The highest BCUT2D eigenvalue weighted by molar-refractivity contribution is 5.95. The number of rotatable bonds is 11. The van der Waals surface area contributed by atoms with E-state index in [4.69, 9.17) is 42.6 Å². The molecule has 1 fully saturated rings. The first-order valence-electron chi connectivity index (χ1n) is 14.7. The molecular weight excluding hydrogens is 622 g/mol. The SMILES string of the molecule is COc1cc(C(=O)N[C@H](C)[C@@H]2COc3ccccc3O2)ccc1O[C@@H]1O[C@@H](COC(C)=O)[C@H](OC(C)=O)[C@@H](OC(C)=O)[C@@H]1OC(C)=O. The molecule has 2 aliphatic rings.